The summed E-state index contributed by atoms with van der Waals surface area (Å²) >= 11 is 0. The van der Waals surface area contributed by atoms with E-state index in [9.17, 15) is 22.0 Å². The molecule has 2 N–H and O–H groups in total. The number of nitrogens with one attached hydrogen (secondary N) is 2. The second kappa shape index (κ2) is 9.38. The van der Waals surface area contributed by atoms with E-state index in [1.165, 1.54) is 18.2 Å². The lowest BCUT2D eigenvalue weighted by atomic mass is 9.97. The zero-order valence-corrected chi connectivity index (χ0v) is 17.5. The highest BCUT2D eigenvalue weighted by molar-refractivity contribution is 5.68. The van der Waals surface area contributed by atoms with Gasteiger partial charge in [0.05, 0.1) is 5.56 Å². The molecular formula is C24H22F5N3. The lowest BCUT2D eigenvalue weighted by Crippen LogP contribution is -2.13. The molecule has 0 amide bonds. The molecule has 1 aromatic heterocycles. The van der Waals surface area contributed by atoms with Crippen molar-refractivity contribution in [2.24, 2.45) is 0 Å². The fraction of sp³-hybridized carbons (Fsp3) is 0.208. The molecule has 0 aliphatic carbocycles. The molecule has 0 unspecified atom stereocenters. The monoisotopic (exact) mass is 447 g/mol. The van der Waals surface area contributed by atoms with E-state index in [1.54, 1.807) is 24.4 Å². The minimum atomic E-state index is -4.80. The molecular weight excluding hydrogens is 425 g/mol. The zero-order chi connectivity index (χ0) is 23.5. The van der Waals surface area contributed by atoms with Gasteiger partial charge in [0.15, 0.2) is 0 Å². The number of hydrogen-bond donors (Lipinski definition) is 2. The fourth-order valence-corrected chi connectivity index (χ4v) is 3.14. The van der Waals surface area contributed by atoms with Crippen molar-refractivity contribution in [3.63, 3.8) is 0 Å². The summed E-state index contributed by atoms with van der Waals surface area (Å²) in [5, 5.41) is 5.99. The number of aromatic nitrogens is 1. The molecule has 2 aromatic carbocycles. The molecule has 3 nitrogen and oxygen atoms in total. The summed E-state index contributed by atoms with van der Waals surface area (Å²) < 4.78 is 65.5. The summed E-state index contributed by atoms with van der Waals surface area (Å²) in [5.74, 6) is -1.26. The Kier molecular flexibility index (Phi) is 6.81. The number of hydrogen-bond acceptors (Lipinski definition) is 3. The quantitative estimate of drug-likeness (QED) is 0.383. The molecule has 0 aliphatic rings. The highest BCUT2D eigenvalue weighted by Crippen LogP contribution is 2.34. The molecule has 0 bridgehead atoms. The highest BCUT2D eigenvalue weighted by Gasteiger charge is 2.34. The first-order chi connectivity index (χ1) is 15.0. The van der Waals surface area contributed by atoms with Gasteiger partial charge in [-0.2, -0.15) is 13.2 Å². The van der Waals surface area contributed by atoms with E-state index in [-0.39, 0.29) is 17.4 Å². The van der Waals surface area contributed by atoms with Crippen molar-refractivity contribution in [3.05, 3.63) is 95.2 Å². The number of anilines is 2. The van der Waals surface area contributed by atoms with Crippen molar-refractivity contribution < 1.29 is 22.0 Å². The van der Waals surface area contributed by atoms with Gasteiger partial charge in [-0.25, -0.2) is 13.8 Å². The van der Waals surface area contributed by atoms with Crippen LogP contribution in [0.15, 0.2) is 61.3 Å². The van der Waals surface area contributed by atoms with E-state index < -0.39 is 17.6 Å². The minimum Gasteiger partial charge on any atom is -0.381 e. The Hall–Kier alpha value is -3.42. The summed E-state index contributed by atoms with van der Waals surface area (Å²) in [6.07, 6.45) is -3.22. The SMILES string of the molecule is C=C(NCc1ccc(F)cc1)c1cnc(Nc2ccc(F)c(C(F)(F)F)c2)cc1C(C)C. The molecule has 0 saturated carbocycles. The maximum atomic E-state index is 13.5. The lowest BCUT2D eigenvalue weighted by molar-refractivity contribution is -0.139. The number of benzene rings is 2. The third-order valence-electron chi connectivity index (χ3n) is 4.85. The van der Waals surface area contributed by atoms with E-state index in [1.807, 2.05) is 13.8 Å². The molecule has 3 aromatic rings. The number of pyridine rings is 1. The van der Waals surface area contributed by atoms with Crippen LogP contribution in [-0.4, -0.2) is 4.98 Å². The molecule has 1 heterocycles. The molecule has 32 heavy (non-hydrogen) atoms. The average molecular weight is 447 g/mol. The maximum Gasteiger partial charge on any atom is 0.419 e. The maximum absolute atomic E-state index is 13.5. The average Bonchev–Trinajstić information content (AvgIpc) is 2.73. The Morgan fingerprint density at radius 1 is 1.03 bits per heavy atom. The normalized spacial score (nSPS) is 11.5. The topological polar surface area (TPSA) is 37.0 Å². The summed E-state index contributed by atoms with van der Waals surface area (Å²) in [6.45, 7) is 8.42. The predicted molar refractivity (Wildman–Crippen MR) is 115 cm³/mol. The number of halogens is 5. The van der Waals surface area contributed by atoms with Crippen molar-refractivity contribution in [2.75, 3.05) is 5.32 Å². The van der Waals surface area contributed by atoms with Crippen LogP contribution < -0.4 is 10.6 Å². The molecule has 168 valence electrons. The second-order valence-corrected chi connectivity index (χ2v) is 7.59. The summed E-state index contributed by atoms with van der Waals surface area (Å²) in [4.78, 5) is 4.28. The van der Waals surface area contributed by atoms with E-state index in [0.717, 1.165) is 22.8 Å². The Labute approximate surface area is 183 Å². The number of alkyl halides is 3. The predicted octanol–water partition coefficient (Wildman–Crippen LogP) is 7.01. The third-order valence-corrected chi connectivity index (χ3v) is 4.85. The van der Waals surface area contributed by atoms with Crippen LogP contribution in [0.3, 0.4) is 0 Å². The van der Waals surface area contributed by atoms with Gasteiger partial charge >= 0.3 is 6.18 Å². The number of rotatable bonds is 7. The van der Waals surface area contributed by atoms with Crippen molar-refractivity contribution >= 4 is 17.2 Å². The van der Waals surface area contributed by atoms with Gasteiger partial charge in [0.1, 0.15) is 17.5 Å². The molecule has 0 fully saturated rings. The van der Waals surface area contributed by atoms with Crippen molar-refractivity contribution in [2.45, 2.75) is 32.5 Å². The Morgan fingerprint density at radius 3 is 2.34 bits per heavy atom. The molecule has 0 spiro atoms. The Balaban J connectivity index is 1.80. The Bertz CT molecular complexity index is 1110. The van der Waals surface area contributed by atoms with Crippen molar-refractivity contribution in [1.29, 1.82) is 0 Å². The van der Waals surface area contributed by atoms with Gasteiger partial charge in [-0.1, -0.05) is 32.6 Å². The standard InChI is InChI=1S/C24H22F5N3/c1-14(2)19-11-23(32-18-8-9-22(26)21(10-18)24(27,28)29)31-13-20(19)15(3)30-12-16-4-6-17(25)7-5-16/h4-11,13-14,30H,3,12H2,1-2H3,(H,31,32). The second-order valence-electron chi connectivity index (χ2n) is 7.59. The van der Waals surface area contributed by atoms with Crippen LogP contribution in [0.4, 0.5) is 33.5 Å². The van der Waals surface area contributed by atoms with Crippen LogP contribution in [0.2, 0.25) is 0 Å². The van der Waals surface area contributed by atoms with E-state index >= 15 is 0 Å². The molecule has 0 aliphatic heterocycles. The fourth-order valence-electron chi connectivity index (χ4n) is 3.14. The molecule has 0 atom stereocenters. The van der Waals surface area contributed by atoms with Gasteiger partial charge < -0.3 is 10.6 Å². The first-order valence-corrected chi connectivity index (χ1v) is 9.86. The minimum absolute atomic E-state index is 0.0666. The summed E-state index contributed by atoms with van der Waals surface area (Å²) in [7, 11) is 0. The Morgan fingerprint density at radius 2 is 1.72 bits per heavy atom. The van der Waals surface area contributed by atoms with Gasteiger partial charge in [-0.15, -0.1) is 0 Å². The highest BCUT2D eigenvalue weighted by atomic mass is 19.4. The van der Waals surface area contributed by atoms with Crippen LogP contribution in [-0.2, 0) is 12.7 Å². The third kappa shape index (κ3) is 5.63. The van der Waals surface area contributed by atoms with Crippen molar-refractivity contribution in [1.82, 2.24) is 10.3 Å². The first-order valence-electron chi connectivity index (χ1n) is 9.86. The van der Waals surface area contributed by atoms with Gasteiger partial charge in [0.25, 0.3) is 0 Å². The summed E-state index contributed by atoms with van der Waals surface area (Å²) in [5.41, 5.74) is 1.84. The smallest absolute Gasteiger partial charge is 0.381 e. The van der Waals surface area contributed by atoms with Crippen LogP contribution in [0, 0.1) is 11.6 Å². The van der Waals surface area contributed by atoms with Crippen LogP contribution in [0.5, 0.6) is 0 Å². The van der Waals surface area contributed by atoms with E-state index in [4.69, 9.17) is 0 Å². The van der Waals surface area contributed by atoms with Gasteiger partial charge in [-0.05, 0) is 53.4 Å². The van der Waals surface area contributed by atoms with Crippen LogP contribution in [0.1, 0.15) is 42.0 Å². The zero-order valence-electron chi connectivity index (χ0n) is 17.5. The van der Waals surface area contributed by atoms with Crippen LogP contribution in [0.25, 0.3) is 5.70 Å². The molecule has 0 radical (unpaired) electrons. The van der Waals surface area contributed by atoms with E-state index in [0.29, 0.717) is 24.1 Å². The van der Waals surface area contributed by atoms with E-state index in [2.05, 4.69) is 22.2 Å². The van der Waals surface area contributed by atoms with Gasteiger partial charge in [-0.3, -0.25) is 0 Å². The van der Waals surface area contributed by atoms with Gasteiger partial charge in [0, 0.05) is 29.7 Å². The van der Waals surface area contributed by atoms with Crippen molar-refractivity contribution in [3.8, 4) is 0 Å². The molecule has 3 rings (SSSR count). The molecule has 0 saturated heterocycles. The largest absolute Gasteiger partial charge is 0.419 e. The summed E-state index contributed by atoms with van der Waals surface area (Å²) in [6, 6.07) is 10.5. The molecule has 8 heteroatoms. The lowest BCUT2D eigenvalue weighted by Gasteiger charge is -2.18. The number of nitrogens with zero attached hydrogens (tertiary/aromatic N) is 1. The first kappa shape index (κ1) is 23.2. The van der Waals surface area contributed by atoms with Crippen LogP contribution >= 0.6 is 0 Å². The van der Waals surface area contributed by atoms with Gasteiger partial charge in [0.2, 0.25) is 0 Å².